The summed E-state index contributed by atoms with van der Waals surface area (Å²) in [7, 11) is 0. The molecule has 0 bridgehead atoms. The summed E-state index contributed by atoms with van der Waals surface area (Å²) in [5.41, 5.74) is 4.05. The maximum absolute atomic E-state index is 10.8. The molecule has 0 aliphatic heterocycles. The second-order valence-electron chi connectivity index (χ2n) is 6.36. The molecular weight excluding hydrogens is 364 g/mol. The normalized spacial score (nSPS) is 12.1. The number of anilines is 2. The van der Waals surface area contributed by atoms with Crippen LogP contribution >= 0.6 is 0 Å². The lowest BCUT2D eigenvalue weighted by Gasteiger charge is -2.15. The number of nitrogens with one attached hydrogen (secondary N) is 2. The largest absolute Gasteiger partial charge is 0.772 e. The van der Waals surface area contributed by atoms with Crippen LogP contribution in [0.1, 0.15) is 19.4 Å². The van der Waals surface area contributed by atoms with Crippen molar-refractivity contribution in [2.24, 2.45) is 0 Å². The topological polar surface area (TPSA) is 107 Å². The molecule has 140 valence electrons. The zero-order valence-corrected chi connectivity index (χ0v) is 15.7. The molecule has 0 saturated carbocycles. The van der Waals surface area contributed by atoms with Crippen LogP contribution < -0.4 is 10.6 Å². The van der Waals surface area contributed by atoms with Crippen molar-refractivity contribution in [2.45, 2.75) is 25.6 Å². The molecule has 0 spiro atoms. The third kappa shape index (κ3) is 4.47. The predicted molar refractivity (Wildman–Crippen MR) is 106 cm³/mol. The quantitative estimate of drug-likeness (QED) is 0.480. The Bertz CT molecular complexity index is 990. The SMILES string of the molecule is CC(C)Nc1c(NC=O)nnc2cc(-c3ccc(CS(=O)[O-])cc3)ccc12. The van der Waals surface area contributed by atoms with Crippen molar-refractivity contribution in [3.8, 4) is 11.1 Å². The van der Waals surface area contributed by atoms with Gasteiger partial charge < -0.3 is 15.2 Å². The van der Waals surface area contributed by atoms with Gasteiger partial charge in [0.05, 0.1) is 11.2 Å². The molecule has 1 aromatic heterocycles. The molecule has 0 fully saturated rings. The van der Waals surface area contributed by atoms with Crippen LogP contribution in [0, 0.1) is 0 Å². The molecule has 1 heterocycles. The first-order chi connectivity index (χ1) is 13.0. The van der Waals surface area contributed by atoms with Crippen LogP contribution in [0.5, 0.6) is 0 Å². The highest BCUT2D eigenvalue weighted by Crippen LogP contribution is 2.31. The van der Waals surface area contributed by atoms with Gasteiger partial charge in [-0.2, -0.15) is 0 Å². The molecule has 3 aromatic rings. The number of amides is 1. The van der Waals surface area contributed by atoms with Gasteiger partial charge in [0.1, 0.15) is 0 Å². The summed E-state index contributed by atoms with van der Waals surface area (Å²) in [5, 5.41) is 15.1. The summed E-state index contributed by atoms with van der Waals surface area (Å²) >= 11 is -2.10. The number of benzene rings is 2. The maximum atomic E-state index is 10.8. The van der Waals surface area contributed by atoms with Crippen LogP contribution in [0.3, 0.4) is 0 Å². The van der Waals surface area contributed by atoms with Gasteiger partial charge >= 0.3 is 0 Å². The van der Waals surface area contributed by atoms with Gasteiger partial charge in [-0.3, -0.25) is 9.00 Å². The summed E-state index contributed by atoms with van der Waals surface area (Å²) < 4.78 is 21.6. The molecule has 0 aliphatic rings. The van der Waals surface area contributed by atoms with Crippen LogP contribution in [0.15, 0.2) is 42.5 Å². The lowest BCUT2D eigenvalue weighted by molar-refractivity contribution is -0.105. The fourth-order valence-electron chi connectivity index (χ4n) is 2.81. The average Bonchev–Trinajstić information content (AvgIpc) is 2.63. The van der Waals surface area contributed by atoms with Crippen molar-refractivity contribution < 1.29 is 13.6 Å². The van der Waals surface area contributed by atoms with Gasteiger partial charge in [0, 0.05) is 17.2 Å². The Morgan fingerprint density at radius 2 is 1.81 bits per heavy atom. The maximum Gasteiger partial charge on any atom is 0.212 e. The highest BCUT2D eigenvalue weighted by molar-refractivity contribution is 7.78. The van der Waals surface area contributed by atoms with Gasteiger partial charge in [-0.15, -0.1) is 10.2 Å². The zero-order chi connectivity index (χ0) is 19.4. The Balaban J connectivity index is 2.01. The molecular formula is C19H19N4O3S-. The van der Waals surface area contributed by atoms with Gasteiger partial charge in [-0.05, 0) is 42.7 Å². The molecule has 2 aromatic carbocycles. The van der Waals surface area contributed by atoms with E-state index in [4.69, 9.17) is 0 Å². The minimum Gasteiger partial charge on any atom is -0.772 e. The van der Waals surface area contributed by atoms with Crippen molar-refractivity contribution >= 4 is 39.9 Å². The van der Waals surface area contributed by atoms with E-state index >= 15 is 0 Å². The molecule has 1 atom stereocenters. The predicted octanol–water partition coefficient (Wildman–Crippen LogP) is 3.06. The smallest absolute Gasteiger partial charge is 0.212 e. The number of rotatable bonds is 7. The molecule has 0 saturated heterocycles. The Kier molecular flexibility index (Phi) is 5.78. The lowest BCUT2D eigenvalue weighted by atomic mass is 10.0. The number of carbonyl (C=O) groups excluding carboxylic acids is 1. The number of aromatic nitrogens is 2. The summed E-state index contributed by atoms with van der Waals surface area (Å²) in [6.07, 6.45) is 0.576. The van der Waals surface area contributed by atoms with Crippen LogP contribution in [0.4, 0.5) is 11.5 Å². The summed E-state index contributed by atoms with van der Waals surface area (Å²) in [5.74, 6) is 0.383. The molecule has 7 nitrogen and oxygen atoms in total. The van der Waals surface area contributed by atoms with Crippen LogP contribution in [-0.2, 0) is 21.6 Å². The number of fused-ring (bicyclic) bond motifs is 1. The molecule has 2 N–H and O–H groups in total. The van der Waals surface area contributed by atoms with Gasteiger partial charge in [0.15, 0.2) is 5.82 Å². The van der Waals surface area contributed by atoms with Crippen molar-refractivity contribution in [1.29, 1.82) is 0 Å². The molecule has 0 aliphatic carbocycles. The van der Waals surface area contributed by atoms with Gasteiger partial charge in [-0.1, -0.05) is 41.4 Å². The highest BCUT2D eigenvalue weighted by atomic mass is 32.2. The number of hydrogen-bond donors (Lipinski definition) is 2. The summed E-state index contributed by atoms with van der Waals surface area (Å²) in [6, 6.07) is 13.3. The van der Waals surface area contributed by atoms with Crippen molar-refractivity contribution in [2.75, 3.05) is 10.6 Å². The minimum absolute atomic E-state index is 0.000215. The minimum atomic E-state index is -2.10. The van der Waals surface area contributed by atoms with E-state index < -0.39 is 11.1 Å². The second kappa shape index (κ2) is 8.24. The lowest BCUT2D eigenvalue weighted by Crippen LogP contribution is -2.13. The standard InChI is InChI=1S/C19H20N4O3S/c1-12(2)21-18-16-8-7-15(9-17(16)22-23-19(18)20-11-24)14-5-3-13(4-6-14)10-27(25)26/h3-9,11-12H,10H2,1-2H3,(H,21,22)(H,25,26)(H,20,23,24)/p-1. The fraction of sp³-hybridized carbons (Fsp3) is 0.211. The van der Waals surface area contributed by atoms with Crippen molar-refractivity contribution in [1.82, 2.24) is 10.2 Å². The number of hydrogen-bond acceptors (Lipinski definition) is 6. The van der Waals surface area contributed by atoms with Crippen LogP contribution in [0.2, 0.25) is 0 Å². The second-order valence-corrected chi connectivity index (χ2v) is 7.26. The summed E-state index contributed by atoms with van der Waals surface area (Å²) in [4.78, 5) is 10.8. The number of carbonyl (C=O) groups is 1. The molecule has 0 radical (unpaired) electrons. The third-order valence-corrected chi connectivity index (χ3v) is 4.53. The van der Waals surface area contributed by atoms with E-state index in [0.717, 1.165) is 27.8 Å². The molecule has 27 heavy (non-hydrogen) atoms. The Hall–Kier alpha value is -2.84. The van der Waals surface area contributed by atoms with E-state index in [0.29, 0.717) is 17.7 Å². The molecule has 1 amide bonds. The van der Waals surface area contributed by atoms with E-state index in [2.05, 4.69) is 20.8 Å². The fourth-order valence-corrected chi connectivity index (χ4v) is 3.27. The Labute approximate surface area is 159 Å². The van der Waals surface area contributed by atoms with E-state index in [1.165, 1.54) is 0 Å². The Morgan fingerprint density at radius 1 is 1.11 bits per heavy atom. The van der Waals surface area contributed by atoms with Crippen LogP contribution in [0.25, 0.3) is 22.0 Å². The van der Waals surface area contributed by atoms with Crippen molar-refractivity contribution in [3.05, 3.63) is 48.0 Å². The van der Waals surface area contributed by atoms with Crippen molar-refractivity contribution in [3.63, 3.8) is 0 Å². The molecule has 1 unspecified atom stereocenters. The third-order valence-electron chi connectivity index (χ3n) is 3.96. The van der Waals surface area contributed by atoms with Gasteiger partial charge in [0.25, 0.3) is 0 Å². The van der Waals surface area contributed by atoms with E-state index in [1.54, 1.807) is 12.1 Å². The first kappa shape index (κ1) is 18.9. The van der Waals surface area contributed by atoms with E-state index in [1.807, 2.05) is 44.2 Å². The van der Waals surface area contributed by atoms with Gasteiger partial charge in [-0.25, -0.2) is 0 Å². The first-order valence-electron chi connectivity index (χ1n) is 8.40. The molecule has 3 rings (SSSR count). The number of nitrogens with zero attached hydrogens (tertiary/aromatic N) is 2. The average molecular weight is 383 g/mol. The monoisotopic (exact) mass is 383 g/mol. The summed E-state index contributed by atoms with van der Waals surface area (Å²) in [6.45, 7) is 4.00. The first-order valence-corrected chi connectivity index (χ1v) is 9.64. The Morgan fingerprint density at radius 3 is 2.44 bits per heavy atom. The van der Waals surface area contributed by atoms with E-state index in [9.17, 15) is 13.6 Å². The van der Waals surface area contributed by atoms with Crippen LogP contribution in [-0.4, -0.2) is 31.4 Å². The highest BCUT2D eigenvalue weighted by Gasteiger charge is 2.12. The van der Waals surface area contributed by atoms with E-state index in [-0.39, 0.29) is 11.8 Å². The molecule has 8 heteroatoms. The van der Waals surface area contributed by atoms with Gasteiger partial charge in [0.2, 0.25) is 6.41 Å². The zero-order valence-electron chi connectivity index (χ0n) is 14.9.